The van der Waals surface area contributed by atoms with Crippen LogP contribution in [0, 0.1) is 0 Å². The van der Waals surface area contributed by atoms with Crippen molar-refractivity contribution in [2.45, 2.75) is 31.6 Å². The van der Waals surface area contributed by atoms with Crippen LogP contribution in [0.2, 0.25) is 0 Å². The predicted octanol–water partition coefficient (Wildman–Crippen LogP) is 2.55. The van der Waals surface area contributed by atoms with Gasteiger partial charge in [0.2, 0.25) is 5.24 Å². The molecule has 0 spiro atoms. The van der Waals surface area contributed by atoms with Gasteiger partial charge in [-0.15, -0.1) is 11.6 Å². The van der Waals surface area contributed by atoms with E-state index >= 15 is 0 Å². The molecule has 0 aromatic rings. The van der Waals surface area contributed by atoms with E-state index in [9.17, 15) is 4.79 Å². The number of carbonyl (C=O) groups excluding carboxylic acids is 1. The smallest absolute Gasteiger partial charge is 0.242 e. The number of alkyl halides is 1. The van der Waals surface area contributed by atoms with Crippen molar-refractivity contribution in [2.75, 3.05) is 0 Å². The zero-order valence-corrected chi connectivity index (χ0v) is 7.09. The molecule has 1 unspecified atom stereocenters. The fraction of sp³-hybridized carbons (Fsp3) is 0.833. The molecule has 0 aromatic heterocycles. The van der Waals surface area contributed by atoms with Gasteiger partial charge in [-0.1, -0.05) is 13.3 Å². The highest BCUT2D eigenvalue weighted by molar-refractivity contribution is 6.70. The number of rotatable bonds is 3. The second-order valence-corrected chi connectivity index (χ2v) is 3.40. The van der Waals surface area contributed by atoms with Crippen LogP contribution in [0.4, 0.5) is 0 Å². The van der Waals surface area contributed by atoms with Gasteiger partial charge in [0.05, 0.1) is 0 Å². The Balaban J connectivity index is 3.85. The minimum Gasteiger partial charge on any atom is -0.279 e. The molecule has 1 atom stereocenters. The van der Waals surface area contributed by atoms with E-state index in [-0.39, 0.29) is 0 Å². The van der Waals surface area contributed by atoms with Gasteiger partial charge in [-0.3, -0.25) is 4.79 Å². The minimum absolute atomic E-state index is 0.467. The maximum Gasteiger partial charge on any atom is 0.242 e. The number of carbonyl (C=O) groups is 1. The molecule has 54 valence electrons. The fourth-order valence-corrected chi connectivity index (χ4v) is 0.851. The summed E-state index contributed by atoms with van der Waals surface area (Å²) in [7, 11) is 0. The van der Waals surface area contributed by atoms with Crippen LogP contribution in [-0.2, 0) is 4.79 Å². The van der Waals surface area contributed by atoms with E-state index in [1.54, 1.807) is 6.92 Å². The van der Waals surface area contributed by atoms with Crippen LogP contribution in [0.25, 0.3) is 0 Å². The molecule has 0 bridgehead atoms. The third-order valence-electron chi connectivity index (χ3n) is 1.13. The zero-order chi connectivity index (χ0) is 7.49. The maximum absolute atomic E-state index is 10.5. The van der Waals surface area contributed by atoms with Crippen molar-refractivity contribution in [2.24, 2.45) is 0 Å². The Morgan fingerprint density at radius 1 is 1.67 bits per heavy atom. The van der Waals surface area contributed by atoms with E-state index in [0.717, 1.165) is 6.42 Å². The monoisotopic (exact) mass is 168 g/mol. The van der Waals surface area contributed by atoms with E-state index in [1.807, 2.05) is 6.92 Å². The van der Waals surface area contributed by atoms with Crippen molar-refractivity contribution in [3.63, 3.8) is 0 Å². The zero-order valence-electron chi connectivity index (χ0n) is 5.58. The highest BCUT2D eigenvalue weighted by Crippen LogP contribution is 2.23. The molecular formula is C6H10Cl2O. The van der Waals surface area contributed by atoms with E-state index < -0.39 is 10.1 Å². The van der Waals surface area contributed by atoms with Crippen LogP contribution in [0.3, 0.4) is 0 Å². The Hall–Kier alpha value is 0.250. The predicted molar refractivity (Wildman–Crippen MR) is 40.0 cm³/mol. The first-order valence-electron chi connectivity index (χ1n) is 2.89. The standard InChI is InChI=1S/C6H10Cl2O/c1-3-4-6(2,8)5(7)9/h3-4H2,1-2H3. The van der Waals surface area contributed by atoms with Crippen LogP contribution in [-0.4, -0.2) is 10.1 Å². The van der Waals surface area contributed by atoms with Gasteiger partial charge in [-0.05, 0) is 24.9 Å². The molecule has 0 amide bonds. The summed E-state index contributed by atoms with van der Waals surface area (Å²) >= 11 is 10.9. The second kappa shape index (κ2) is 3.43. The first-order valence-corrected chi connectivity index (χ1v) is 3.65. The summed E-state index contributed by atoms with van der Waals surface area (Å²) in [5.41, 5.74) is 0. The molecule has 0 radical (unpaired) electrons. The van der Waals surface area contributed by atoms with Gasteiger partial charge in [0.15, 0.2) is 0 Å². The molecule has 0 fully saturated rings. The third kappa shape index (κ3) is 3.07. The molecule has 0 aliphatic rings. The molecular weight excluding hydrogens is 159 g/mol. The lowest BCUT2D eigenvalue weighted by Crippen LogP contribution is -2.23. The largest absolute Gasteiger partial charge is 0.279 e. The van der Waals surface area contributed by atoms with Gasteiger partial charge in [0, 0.05) is 0 Å². The van der Waals surface area contributed by atoms with E-state index in [1.165, 1.54) is 0 Å². The first kappa shape index (κ1) is 9.25. The van der Waals surface area contributed by atoms with Crippen LogP contribution in [0.1, 0.15) is 26.7 Å². The summed E-state index contributed by atoms with van der Waals surface area (Å²) in [4.78, 5) is 9.64. The molecule has 0 saturated carbocycles. The van der Waals surface area contributed by atoms with Crippen LogP contribution in [0.5, 0.6) is 0 Å². The van der Waals surface area contributed by atoms with Crippen molar-refractivity contribution in [3.05, 3.63) is 0 Å². The fourth-order valence-electron chi connectivity index (χ4n) is 0.568. The van der Waals surface area contributed by atoms with Crippen LogP contribution < -0.4 is 0 Å². The molecule has 0 aliphatic carbocycles. The van der Waals surface area contributed by atoms with E-state index in [2.05, 4.69) is 0 Å². The molecule has 3 heteroatoms. The molecule has 9 heavy (non-hydrogen) atoms. The quantitative estimate of drug-likeness (QED) is 0.468. The average molecular weight is 169 g/mol. The summed E-state index contributed by atoms with van der Waals surface area (Å²) in [6.07, 6.45) is 1.51. The number of hydrogen-bond donors (Lipinski definition) is 0. The Labute approximate surface area is 65.3 Å². The van der Waals surface area contributed by atoms with Crippen molar-refractivity contribution in [1.29, 1.82) is 0 Å². The lowest BCUT2D eigenvalue weighted by molar-refractivity contribution is -0.113. The van der Waals surface area contributed by atoms with Crippen molar-refractivity contribution >= 4 is 28.4 Å². The molecule has 0 aliphatic heterocycles. The second-order valence-electron chi connectivity index (χ2n) is 2.22. The lowest BCUT2D eigenvalue weighted by Gasteiger charge is -2.14. The third-order valence-corrected chi connectivity index (χ3v) is 2.00. The van der Waals surface area contributed by atoms with Crippen molar-refractivity contribution in [1.82, 2.24) is 0 Å². The summed E-state index contributed by atoms with van der Waals surface area (Å²) < 4.78 is 0. The SMILES string of the molecule is CCCC(C)(Cl)C(=O)Cl. The maximum atomic E-state index is 10.5. The summed E-state index contributed by atoms with van der Waals surface area (Å²) in [6.45, 7) is 3.59. The summed E-state index contributed by atoms with van der Waals surface area (Å²) in [5, 5.41) is -0.467. The summed E-state index contributed by atoms with van der Waals surface area (Å²) in [6, 6.07) is 0. The van der Waals surface area contributed by atoms with Gasteiger partial charge in [-0.25, -0.2) is 0 Å². The van der Waals surface area contributed by atoms with Crippen LogP contribution in [0.15, 0.2) is 0 Å². The van der Waals surface area contributed by atoms with Crippen LogP contribution >= 0.6 is 23.2 Å². The normalized spacial score (nSPS) is 16.9. The van der Waals surface area contributed by atoms with Gasteiger partial charge in [0.25, 0.3) is 0 Å². The van der Waals surface area contributed by atoms with Gasteiger partial charge in [0.1, 0.15) is 4.87 Å². The highest BCUT2D eigenvalue weighted by atomic mass is 35.5. The minimum atomic E-state index is -0.851. The Kier molecular flexibility index (Phi) is 3.52. The van der Waals surface area contributed by atoms with Gasteiger partial charge in [-0.2, -0.15) is 0 Å². The van der Waals surface area contributed by atoms with Crippen molar-refractivity contribution in [3.8, 4) is 0 Å². The highest BCUT2D eigenvalue weighted by Gasteiger charge is 2.27. The Morgan fingerprint density at radius 3 is 2.22 bits per heavy atom. The van der Waals surface area contributed by atoms with Gasteiger partial charge < -0.3 is 0 Å². The van der Waals surface area contributed by atoms with Crippen molar-refractivity contribution < 1.29 is 4.79 Å². The molecule has 0 N–H and O–H groups in total. The summed E-state index contributed by atoms with van der Waals surface area (Å²) in [5.74, 6) is 0. The lowest BCUT2D eigenvalue weighted by atomic mass is 10.1. The topological polar surface area (TPSA) is 17.1 Å². The average Bonchev–Trinajstić information content (AvgIpc) is 1.65. The Morgan fingerprint density at radius 2 is 2.11 bits per heavy atom. The molecule has 0 heterocycles. The number of halogens is 2. The molecule has 1 nitrogen and oxygen atoms in total. The number of hydrogen-bond acceptors (Lipinski definition) is 1. The van der Waals surface area contributed by atoms with E-state index in [0.29, 0.717) is 6.42 Å². The van der Waals surface area contributed by atoms with E-state index in [4.69, 9.17) is 23.2 Å². The Bertz CT molecular complexity index is 110. The molecule has 0 aromatic carbocycles. The molecule has 0 saturated heterocycles. The van der Waals surface area contributed by atoms with Gasteiger partial charge >= 0.3 is 0 Å². The molecule has 0 rings (SSSR count). The first-order chi connectivity index (χ1) is 4.00.